The number of hydrogen-bond acceptors (Lipinski definition) is 3. The van der Waals surface area contributed by atoms with Crippen molar-refractivity contribution in [3.63, 3.8) is 0 Å². The van der Waals surface area contributed by atoms with Gasteiger partial charge in [0.05, 0.1) is 0 Å². The van der Waals surface area contributed by atoms with Crippen LogP contribution in [0.4, 0.5) is 0 Å². The van der Waals surface area contributed by atoms with E-state index in [2.05, 4.69) is 4.72 Å². The Morgan fingerprint density at radius 1 is 1.05 bits per heavy atom. The van der Waals surface area contributed by atoms with Crippen molar-refractivity contribution in [3.05, 3.63) is 59.2 Å². The molecule has 0 amide bonds. The number of phenolic OH excluding ortho intramolecular Hbond substituents is 1. The van der Waals surface area contributed by atoms with Gasteiger partial charge in [0, 0.05) is 6.04 Å². The highest BCUT2D eigenvalue weighted by molar-refractivity contribution is 7.89. The quantitative estimate of drug-likeness (QED) is 0.913. The smallest absolute Gasteiger partial charge is 0.244 e. The minimum Gasteiger partial charge on any atom is -0.506 e. The number of nitrogens with one attached hydrogen (secondary N) is 1. The number of fused-ring (bicyclic) bond motifs is 1. The summed E-state index contributed by atoms with van der Waals surface area (Å²) in [6, 6.07) is 12.5. The molecule has 0 atom stereocenters. The lowest BCUT2D eigenvalue weighted by Crippen LogP contribution is -2.35. The molecule has 0 saturated carbocycles. The number of benzene rings is 2. The third-order valence-corrected chi connectivity index (χ3v) is 5.42. The monoisotopic (exact) mass is 303 g/mol. The molecular formula is C16H17NO3S. The highest BCUT2D eigenvalue weighted by atomic mass is 32.2. The molecule has 1 aliphatic rings. The Labute approximate surface area is 124 Å². The van der Waals surface area contributed by atoms with Crippen molar-refractivity contribution in [1.29, 1.82) is 0 Å². The second-order valence-corrected chi connectivity index (χ2v) is 7.10. The predicted molar refractivity (Wildman–Crippen MR) is 80.8 cm³/mol. The molecule has 0 bridgehead atoms. The average Bonchev–Trinajstić information content (AvgIpc) is 2.82. The van der Waals surface area contributed by atoms with Crippen LogP contribution in [-0.2, 0) is 22.9 Å². The molecule has 0 spiro atoms. The van der Waals surface area contributed by atoms with Gasteiger partial charge in [-0.05, 0) is 42.5 Å². The summed E-state index contributed by atoms with van der Waals surface area (Å²) in [5.41, 5.74) is 2.91. The van der Waals surface area contributed by atoms with E-state index in [0.717, 1.165) is 0 Å². The molecule has 0 unspecified atom stereocenters. The maximum atomic E-state index is 12.4. The maximum absolute atomic E-state index is 12.4. The fraction of sp³-hybridized carbons (Fsp3) is 0.250. The van der Waals surface area contributed by atoms with E-state index < -0.39 is 10.0 Å². The van der Waals surface area contributed by atoms with Gasteiger partial charge in [-0.2, -0.15) is 0 Å². The van der Waals surface area contributed by atoms with Crippen LogP contribution in [0, 0.1) is 6.92 Å². The summed E-state index contributed by atoms with van der Waals surface area (Å²) in [6.07, 6.45) is 1.37. The van der Waals surface area contributed by atoms with Crippen molar-refractivity contribution >= 4 is 10.0 Å². The molecule has 3 rings (SSSR count). The largest absolute Gasteiger partial charge is 0.506 e. The van der Waals surface area contributed by atoms with Crippen molar-refractivity contribution in [3.8, 4) is 5.75 Å². The van der Waals surface area contributed by atoms with Crippen LogP contribution < -0.4 is 4.72 Å². The van der Waals surface area contributed by atoms with Gasteiger partial charge in [-0.25, -0.2) is 13.1 Å². The summed E-state index contributed by atoms with van der Waals surface area (Å²) in [6.45, 7) is 1.68. The Hall–Kier alpha value is -1.85. The fourth-order valence-electron chi connectivity index (χ4n) is 2.77. The highest BCUT2D eigenvalue weighted by Crippen LogP contribution is 2.28. The molecule has 2 aromatic rings. The highest BCUT2D eigenvalue weighted by Gasteiger charge is 2.27. The summed E-state index contributed by atoms with van der Waals surface area (Å²) >= 11 is 0. The van der Waals surface area contributed by atoms with Crippen LogP contribution >= 0.6 is 0 Å². The topological polar surface area (TPSA) is 66.4 Å². The van der Waals surface area contributed by atoms with Crippen molar-refractivity contribution in [2.45, 2.75) is 30.7 Å². The summed E-state index contributed by atoms with van der Waals surface area (Å²) in [7, 11) is -3.71. The zero-order chi connectivity index (χ0) is 15.0. The Balaban J connectivity index is 1.84. The lowest BCUT2D eigenvalue weighted by molar-refractivity contribution is 0.452. The van der Waals surface area contributed by atoms with E-state index in [4.69, 9.17) is 0 Å². The number of aryl methyl sites for hydroxylation is 1. The lowest BCUT2D eigenvalue weighted by atomic mass is 10.1. The van der Waals surface area contributed by atoms with Gasteiger partial charge in [0.15, 0.2) is 0 Å². The van der Waals surface area contributed by atoms with E-state index in [1.54, 1.807) is 19.1 Å². The normalized spacial score (nSPS) is 15.1. The van der Waals surface area contributed by atoms with Crippen LogP contribution in [-0.4, -0.2) is 19.6 Å². The van der Waals surface area contributed by atoms with Crippen molar-refractivity contribution < 1.29 is 13.5 Å². The molecule has 21 heavy (non-hydrogen) atoms. The summed E-state index contributed by atoms with van der Waals surface area (Å²) in [4.78, 5) is -0.0570. The van der Waals surface area contributed by atoms with Crippen molar-refractivity contribution in [2.75, 3.05) is 0 Å². The number of sulfonamides is 1. The first-order chi connectivity index (χ1) is 9.97. The Morgan fingerprint density at radius 3 is 2.29 bits per heavy atom. The van der Waals surface area contributed by atoms with E-state index in [1.807, 2.05) is 24.3 Å². The van der Waals surface area contributed by atoms with Crippen LogP contribution in [0.3, 0.4) is 0 Å². The van der Waals surface area contributed by atoms with Crippen LogP contribution in [0.5, 0.6) is 5.75 Å². The van der Waals surface area contributed by atoms with Crippen molar-refractivity contribution in [2.24, 2.45) is 0 Å². The van der Waals surface area contributed by atoms with Gasteiger partial charge in [-0.1, -0.05) is 36.4 Å². The van der Waals surface area contributed by atoms with Gasteiger partial charge in [0.1, 0.15) is 10.6 Å². The van der Waals surface area contributed by atoms with Gasteiger partial charge in [-0.3, -0.25) is 0 Å². The molecule has 0 aromatic heterocycles. The molecule has 0 fully saturated rings. The average molecular weight is 303 g/mol. The molecule has 5 heteroatoms. The number of para-hydroxylation sites is 1. The maximum Gasteiger partial charge on any atom is 0.244 e. The number of rotatable bonds is 3. The molecule has 0 aliphatic heterocycles. The zero-order valence-corrected chi connectivity index (χ0v) is 12.5. The molecule has 110 valence electrons. The first-order valence-corrected chi connectivity index (χ1v) is 8.33. The summed E-state index contributed by atoms with van der Waals surface area (Å²) < 4.78 is 27.6. The molecule has 2 N–H and O–H groups in total. The SMILES string of the molecule is Cc1cccc(S(=O)(=O)NC2Cc3ccccc3C2)c1O. The lowest BCUT2D eigenvalue weighted by Gasteiger charge is -2.14. The molecule has 0 heterocycles. The molecule has 1 aliphatic carbocycles. The second-order valence-electron chi connectivity index (χ2n) is 5.42. The van der Waals surface area contributed by atoms with Gasteiger partial charge < -0.3 is 5.11 Å². The standard InChI is InChI=1S/C16H17NO3S/c1-11-5-4-8-15(16(11)18)21(19,20)17-14-9-12-6-2-3-7-13(12)10-14/h2-8,14,17-18H,9-10H2,1H3. The van der Waals surface area contributed by atoms with Gasteiger partial charge in [0.2, 0.25) is 10.0 Å². The fourth-order valence-corrected chi connectivity index (χ4v) is 4.18. The number of phenols is 1. The van der Waals surface area contributed by atoms with E-state index in [9.17, 15) is 13.5 Å². The molecule has 4 nitrogen and oxygen atoms in total. The van der Waals surface area contributed by atoms with Crippen molar-refractivity contribution in [1.82, 2.24) is 4.72 Å². The van der Waals surface area contributed by atoms with Crippen LogP contribution in [0.15, 0.2) is 47.4 Å². The van der Waals surface area contributed by atoms with Crippen LogP contribution in [0.2, 0.25) is 0 Å². The third-order valence-electron chi connectivity index (χ3n) is 3.86. The first kappa shape index (κ1) is 14.1. The third kappa shape index (κ3) is 2.66. The number of aromatic hydroxyl groups is 1. The van der Waals surface area contributed by atoms with E-state index >= 15 is 0 Å². The van der Waals surface area contributed by atoms with Gasteiger partial charge >= 0.3 is 0 Å². The molecule has 2 aromatic carbocycles. The first-order valence-electron chi connectivity index (χ1n) is 6.85. The Morgan fingerprint density at radius 2 is 1.67 bits per heavy atom. The van der Waals surface area contributed by atoms with Crippen LogP contribution in [0.25, 0.3) is 0 Å². The Kier molecular flexibility index (Phi) is 3.47. The van der Waals surface area contributed by atoms with E-state index in [0.29, 0.717) is 18.4 Å². The Bertz CT molecular complexity index is 759. The van der Waals surface area contributed by atoms with E-state index in [1.165, 1.54) is 17.2 Å². The predicted octanol–water partition coefficient (Wildman–Crippen LogP) is 2.15. The second kappa shape index (κ2) is 5.16. The zero-order valence-electron chi connectivity index (χ0n) is 11.7. The van der Waals surface area contributed by atoms with E-state index in [-0.39, 0.29) is 16.7 Å². The summed E-state index contributed by atoms with van der Waals surface area (Å²) in [5.74, 6) is -0.180. The molecule has 0 saturated heterocycles. The molecular weight excluding hydrogens is 286 g/mol. The number of hydrogen-bond donors (Lipinski definition) is 2. The summed E-state index contributed by atoms with van der Waals surface area (Å²) in [5, 5.41) is 9.96. The van der Waals surface area contributed by atoms with Gasteiger partial charge in [0.25, 0.3) is 0 Å². The minimum absolute atomic E-state index is 0.0570. The van der Waals surface area contributed by atoms with Crippen LogP contribution in [0.1, 0.15) is 16.7 Å². The molecule has 0 radical (unpaired) electrons. The van der Waals surface area contributed by atoms with Gasteiger partial charge in [-0.15, -0.1) is 0 Å². The minimum atomic E-state index is -3.71.